The number of nitrogens with zero attached hydrogens (tertiary/aromatic N) is 1. The van der Waals surface area contributed by atoms with E-state index in [1.165, 1.54) is 6.07 Å². The standard InChI is InChI=1S/C14H18FNO/c1-3-10(4-2)14(17)16-9-8-11-6-5-7-12(15)13(11)16/h5-7,10H,3-4,8-9H2,1-2H3. The van der Waals surface area contributed by atoms with Crippen molar-refractivity contribution in [2.24, 2.45) is 5.92 Å². The normalized spacial score (nSPS) is 14.2. The first-order valence-electron chi connectivity index (χ1n) is 6.27. The Morgan fingerprint density at radius 2 is 2.12 bits per heavy atom. The predicted octanol–water partition coefficient (Wildman–Crippen LogP) is 3.15. The second-order valence-corrected chi connectivity index (χ2v) is 4.50. The number of rotatable bonds is 3. The summed E-state index contributed by atoms with van der Waals surface area (Å²) in [4.78, 5) is 13.9. The molecule has 0 aliphatic carbocycles. The summed E-state index contributed by atoms with van der Waals surface area (Å²) in [6.45, 7) is 4.63. The molecule has 1 heterocycles. The lowest BCUT2D eigenvalue weighted by atomic mass is 10.0. The van der Waals surface area contributed by atoms with Crippen molar-refractivity contribution in [1.29, 1.82) is 0 Å². The van der Waals surface area contributed by atoms with Crippen LogP contribution in [-0.4, -0.2) is 12.5 Å². The minimum Gasteiger partial charge on any atom is -0.309 e. The van der Waals surface area contributed by atoms with E-state index < -0.39 is 0 Å². The molecule has 0 saturated carbocycles. The van der Waals surface area contributed by atoms with Crippen LogP contribution in [0.4, 0.5) is 10.1 Å². The molecule has 2 rings (SSSR count). The summed E-state index contributed by atoms with van der Waals surface area (Å²) in [6, 6.07) is 5.04. The van der Waals surface area contributed by atoms with E-state index in [1.54, 1.807) is 11.0 Å². The van der Waals surface area contributed by atoms with Crippen LogP contribution in [0.25, 0.3) is 0 Å². The van der Waals surface area contributed by atoms with Gasteiger partial charge in [0.2, 0.25) is 5.91 Å². The molecule has 0 atom stereocenters. The number of hydrogen-bond donors (Lipinski definition) is 0. The number of fused-ring (bicyclic) bond motifs is 1. The highest BCUT2D eigenvalue weighted by Gasteiger charge is 2.30. The van der Waals surface area contributed by atoms with Crippen molar-refractivity contribution in [3.8, 4) is 0 Å². The number of halogens is 1. The fourth-order valence-electron chi connectivity index (χ4n) is 2.49. The van der Waals surface area contributed by atoms with Crippen molar-refractivity contribution in [3.63, 3.8) is 0 Å². The van der Waals surface area contributed by atoms with Crippen LogP contribution < -0.4 is 4.90 Å². The molecular formula is C14H18FNO. The Morgan fingerprint density at radius 1 is 1.41 bits per heavy atom. The maximum Gasteiger partial charge on any atom is 0.230 e. The first-order chi connectivity index (χ1) is 8.19. The van der Waals surface area contributed by atoms with E-state index >= 15 is 0 Å². The molecule has 0 unspecified atom stereocenters. The molecular weight excluding hydrogens is 217 g/mol. The summed E-state index contributed by atoms with van der Waals surface area (Å²) >= 11 is 0. The van der Waals surface area contributed by atoms with Crippen LogP contribution in [0, 0.1) is 11.7 Å². The number of benzene rings is 1. The van der Waals surface area contributed by atoms with Crippen molar-refractivity contribution in [3.05, 3.63) is 29.6 Å². The highest BCUT2D eigenvalue weighted by Crippen LogP contribution is 2.32. The number of anilines is 1. The summed E-state index contributed by atoms with van der Waals surface area (Å²) in [7, 11) is 0. The van der Waals surface area contributed by atoms with Crippen LogP contribution in [0.15, 0.2) is 18.2 Å². The third kappa shape index (κ3) is 2.06. The van der Waals surface area contributed by atoms with E-state index in [0.29, 0.717) is 12.2 Å². The lowest BCUT2D eigenvalue weighted by Crippen LogP contribution is -2.34. The molecule has 0 spiro atoms. The Kier molecular flexibility index (Phi) is 3.46. The van der Waals surface area contributed by atoms with E-state index in [0.717, 1.165) is 24.8 Å². The smallest absolute Gasteiger partial charge is 0.230 e. The van der Waals surface area contributed by atoms with E-state index in [4.69, 9.17) is 0 Å². The van der Waals surface area contributed by atoms with Crippen molar-refractivity contribution in [1.82, 2.24) is 0 Å². The van der Waals surface area contributed by atoms with Crippen LogP contribution in [0.2, 0.25) is 0 Å². The Labute approximate surface area is 101 Å². The van der Waals surface area contributed by atoms with Crippen LogP contribution in [0.5, 0.6) is 0 Å². The molecule has 0 radical (unpaired) electrons. The monoisotopic (exact) mass is 235 g/mol. The van der Waals surface area contributed by atoms with Gasteiger partial charge in [-0.05, 0) is 30.9 Å². The molecule has 0 saturated heterocycles. The molecule has 0 bridgehead atoms. The number of amides is 1. The fraction of sp³-hybridized carbons (Fsp3) is 0.500. The summed E-state index contributed by atoms with van der Waals surface area (Å²) in [5.41, 5.74) is 1.45. The maximum absolute atomic E-state index is 13.8. The van der Waals surface area contributed by atoms with Gasteiger partial charge < -0.3 is 4.90 Å². The average Bonchev–Trinajstić information content (AvgIpc) is 2.75. The van der Waals surface area contributed by atoms with E-state index in [9.17, 15) is 9.18 Å². The van der Waals surface area contributed by atoms with E-state index in [-0.39, 0.29) is 17.6 Å². The van der Waals surface area contributed by atoms with Gasteiger partial charge in [-0.3, -0.25) is 4.79 Å². The molecule has 0 fully saturated rings. The molecule has 92 valence electrons. The molecule has 1 aliphatic rings. The molecule has 2 nitrogen and oxygen atoms in total. The highest BCUT2D eigenvalue weighted by atomic mass is 19.1. The third-order valence-corrected chi connectivity index (χ3v) is 3.55. The molecule has 1 aromatic rings. The van der Waals surface area contributed by atoms with Crippen molar-refractivity contribution in [2.75, 3.05) is 11.4 Å². The molecule has 1 aromatic carbocycles. The van der Waals surface area contributed by atoms with Gasteiger partial charge in [-0.1, -0.05) is 26.0 Å². The van der Waals surface area contributed by atoms with Gasteiger partial charge in [0, 0.05) is 12.5 Å². The first-order valence-corrected chi connectivity index (χ1v) is 6.27. The van der Waals surface area contributed by atoms with Crippen molar-refractivity contribution in [2.45, 2.75) is 33.1 Å². The minimum absolute atomic E-state index is 0.0144. The minimum atomic E-state index is -0.278. The predicted molar refractivity (Wildman–Crippen MR) is 66.5 cm³/mol. The van der Waals surface area contributed by atoms with Gasteiger partial charge in [0.25, 0.3) is 0 Å². The Morgan fingerprint density at radius 3 is 2.76 bits per heavy atom. The lowest BCUT2D eigenvalue weighted by Gasteiger charge is -2.22. The zero-order valence-corrected chi connectivity index (χ0v) is 10.4. The molecule has 17 heavy (non-hydrogen) atoms. The summed E-state index contributed by atoms with van der Waals surface area (Å²) in [5, 5.41) is 0. The quantitative estimate of drug-likeness (QED) is 0.788. The number of carbonyl (C=O) groups excluding carboxylic acids is 1. The Bertz CT molecular complexity index is 426. The van der Waals surface area contributed by atoms with E-state index in [1.807, 2.05) is 19.9 Å². The van der Waals surface area contributed by atoms with Crippen LogP contribution >= 0.6 is 0 Å². The fourth-order valence-corrected chi connectivity index (χ4v) is 2.49. The van der Waals surface area contributed by atoms with Crippen LogP contribution in [-0.2, 0) is 11.2 Å². The lowest BCUT2D eigenvalue weighted by molar-refractivity contribution is -0.122. The highest BCUT2D eigenvalue weighted by molar-refractivity contribution is 5.97. The number of hydrogen-bond acceptors (Lipinski definition) is 1. The van der Waals surface area contributed by atoms with Gasteiger partial charge in [-0.2, -0.15) is 0 Å². The Hall–Kier alpha value is -1.38. The SMILES string of the molecule is CCC(CC)C(=O)N1CCc2cccc(F)c21. The van der Waals surface area contributed by atoms with Gasteiger partial charge >= 0.3 is 0 Å². The van der Waals surface area contributed by atoms with Gasteiger partial charge in [0.1, 0.15) is 5.82 Å². The molecule has 0 N–H and O–H groups in total. The molecule has 1 aliphatic heterocycles. The van der Waals surface area contributed by atoms with Gasteiger partial charge in [-0.25, -0.2) is 4.39 Å². The van der Waals surface area contributed by atoms with Gasteiger partial charge in [-0.15, -0.1) is 0 Å². The van der Waals surface area contributed by atoms with Gasteiger partial charge in [0.05, 0.1) is 5.69 Å². The summed E-state index contributed by atoms with van der Waals surface area (Å²) in [6.07, 6.45) is 2.39. The second-order valence-electron chi connectivity index (χ2n) is 4.50. The topological polar surface area (TPSA) is 20.3 Å². The molecule has 0 aromatic heterocycles. The largest absolute Gasteiger partial charge is 0.309 e. The van der Waals surface area contributed by atoms with Crippen molar-refractivity contribution < 1.29 is 9.18 Å². The van der Waals surface area contributed by atoms with Gasteiger partial charge in [0.15, 0.2) is 0 Å². The summed E-state index contributed by atoms with van der Waals surface area (Å²) < 4.78 is 13.8. The zero-order chi connectivity index (χ0) is 12.4. The van der Waals surface area contributed by atoms with E-state index in [2.05, 4.69) is 0 Å². The molecule has 1 amide bonds. The van der Waals surface area contributed by atoms with Crippen LogP contribution in [0.1, 0.15) is 32.3 Å². The third-order valence-electron chi connectivity index (χ3n) is 3.55. The van der Waals surface area contributed by atoms with Crippen LogP contribution in [0.3, 0.4) is 0 Å². The number of carbonyl (C=O) groups is 1. The number of para-hydroxylation sites is 1. The summed E-state index contributed by atoms with van der Waals surface area (Å²) in [5.74, 6) is -0.196. The first kappa shape index (κ1) is 12.1. The zero-order valence-electron chi connectivity index (χ0n) is 10.4. The molecule has 3 heteroatoms. The van der Waals surface area contributed by atoms with Crippen molar-refractivity contribution >= 4 is 11.6 Å². The maximum atomic E-state index is 13.8. The second kappa shape index (κ2) is 4.86. The average molecular weight is 235 g/mol. The Balaban J connectivity index is 2.30.